The molecule has 0 bridgehead atoms. The third-order valence-electron chi connectivity index (χ3n) is 4.97. The highest BCUT2D eigenvalue weighted by atomic mass is 16.1. The molecule has 5 rings (SSSR count). The molecule has 2 aromatic heterocycles. The number of nitrogens with one attached hydrogen (secondary N) is 1. The molecule has 0 aliphatic carbocycles. The second-order valence-electron chi connectivity index (χ2n) is 6.43. The van der Waals surface area contributed by atoms with Gasteiger partial charge in [-0.2, -0.15) is 0 Å². The van der Waals surface area contributed by atoms with Crippen LogP contribution in [0.5, 0.6) is 0 Å². The zero-order valence-electron chi connectivity index (χ0n) is 14.4. The van der Waals surface area contributed by atoms with E-state index in [2.05, 4.69) is 57.9 Å². The molecule has 0 fully saturated rings. The van der Waals surface area contributed by atoms with Crippen molar-refractivity contribution in [3.8, 4) is 11.4 Å². The van der Waals surface area contributed by atoms with Crippen molar-refractivity contribution >= 4 is 32.7 Å². The Morgan fingerprint density at radius 2 is 1.62 bits per heavy atom. The van der Waals surface area contributed by atoms with Crippen LogP contribution in [-0.4, -0.2) is 14.5 Å². The third-order valence-corrected chi connectivity index (χ3v) is 4.97. The first-order valence-corrected chi connectivity index (χ1v) is 8.76. The van der Waals surface area contributed by atoms with Gasteiger partial charge in [0.1, 0.15) is 5.82 Å². The number of H-pyrrole nitrogens is 1. The Kier molecular flexibility index (Phi) is 3.19. The minimum Gasteiger partial charge on any atom is -0.341 e. The van der Waals surface area contributed by atoms with Crippen molar-refractivity contribution in [3.05, 3.63) is 77.1 Å². The van der Waals surface area contributed by atoms with Crippen LogP contribution in [0.2, 0.25) is 0 Å². The summed E-state index contributed by atoms with van der Waals surface area (Å²) in [5.41, 5.74) is 3.94. The van der Waals surface area contributed by atoms with E-state index in [0.29, 0.717) is 16.7 Å². The van der Waals surface area contributed by atoms with Gasteiger partial charge in [0.25, 0.3) is 5.56 Å². The van der Waals surface area contributed by atoms with E-state index in [1.807, 2.05) is 24.3 Å². The van der Waals surface area contributed by atoms with Crippen molar-refractivity contribution in [3.63, 3.8) is 0 Å². The summed E-state index contributed by atoms with van der Waals surface area (Å²) in [7, 11) is 0. The molecule has 1 N–H and O–H groups in total. The molecule has 2 heterocycles. The summed E-state index contributed by atoms with van der Waals surface area (Å²) in [6.45, 7) is 3.07. The van der Waals surface area contributed by atoms with Crippen LogP contribution in [0.4, 0.5) is 0 Å². The summed E-state index contributed by atoms with van der Waals surface area (Å²) in [6, 6.07) is 22.1. The molecule has 0 saturated carbocycles. The number of hydrogen-bond donors (Lipinski definition) is 1. The van der Waals surface area contributed by atoms with E-state index in [4.69, 9.17) is 0 Å². The second kappa shape index (κ2) is 5.56. The Morgan fingerprint density at radius 3 is 2.46 bits per heavy atom. The Morgan fingerprint density at radius 1 is 0.885 bits per heavy atom. The van der Waals surface area contributed by atoms with Gasteiger partial charge in [-0.1, -0.05) is 30.3 Å². The molecule has 0 saturated heterocycles. The van der Waals surface area contributed by atoms with E-state index in [9.17, 15) is 4.79 Å². The third kappa shape index (κ3) is 2.09. The number of aryl methyl sites for hydroxylation is 1. The van der Waals surface area contributed by atoms with Crippen LogP contribution in [0.25, 0.3) is 44.1 Å². The molecule has 26 heavy (non-hydrogen) atoms. The van der Waals surface area contributed by atoms with Gasteiger partial charge in [0.2, 0.25) is 0 Å². The number of benzene rings is 3. The first-order chi connectivity index (χ1) is 12.8. The van der Waals surface area contributed by atoms with E-state index in [1.54, 1.807) is 6.07 Å². The molecule has 4 nitrogen and oxygen atoms in total. The van der Waals surface area contributed by atoms with Gasteiger partial charge in [-0.3, -0.25) is 4.79 Å². The minimum absolute atomic E-state index is 0.110. The number of aromatic nitrogens is 3. The predicted octanol–water partition coefficient (Wildman–Crippen LogP) is 4.72. The molecular weight excluding hydrogens is 322 g/mol. The molecule has 0 unspecified atom stereocenters. The fraction of sp³-hybridized carbons (Fsp3) is 0.0909. The smallest absolute Gasteiger partial charge is 0.259 e. The maximum Gasteiger partial charge on any atom is 0.259 e. The van der Waals surface area contributed by atoms with Gasteiger partial charge in [0.15, 0.2) is 0 Å². The number of aromatic amines is 1. The largest absolute Gasteiger partial charge is 0.341 e. The highest BCUT2D eigenvalue weighted by Crippen LogP contribution is 2.31. The highest BCUT2D eigenvalue weighted by molar-refractivity contribution is 6.09. The van der Waals surface area contributed by atoms with Gasteiger partial charge < -0.3 is 9.55 Å². The SMILES string of the molecule is CCn1c2ccccc2c2cc(-c3nc4ccccc4c(=O)[nH]3)ccc21. The predicted molar refractivity (Wildman–Crippen MR) is 106 cm³/mol. The van der Waals surface area contributed by atoms with E-state index in [-0.39, 0.29) is 5.56 Å². The molecular formula is C22H17N3O. The lowest BCUT2D eigenvalue weighted by molar-refractivity contribution is 0.827. The molecule has 0 atom stereocenters. The average Bonchev–Trinajstić information content (AvgIpc) is 3.01. The summed E-state index contributed by atoms with van der Waals surface area (Å²) < 4.78 is 2.31. The maximum absolute atomic E-state index is 12.4. The Balaban J connectivity index is 1.81. The van der Waals surface area contributed by atoms with Gasteiger partial charge in [-0.15, -0.1) is 0 Å². The van der Waals surface area contributed by atoms with Crippen molar-refractivity contribution in [2.45, 2.75) is 13.5 Å². The van der Waals surface area contributed by atoms with E-state index < -0.39 is 0 Å². The quantitative estimate of drug-likeness (QED) is 0.506. The molecule has 0 radical (unpaired) electrons. The Labute approximate surface area is 149 Å². The number of nitrogens with zero attached hydrogens (tertiary/aromatic N) is 2. The van der Waals surface area contributed by atoms with Crippen LogP contribution < -0.4 is 5.56 Å². The number of rotatable bonds is 2. The van der Waals surface area contributed by atoms with Crippen molar-refractivity contribution < 1.29 is 0 Å². The maximum atomic E-state index is 12.4. The first kappa shape index (κ1) is 14.9. The van der Waals surface area contributed by atoms with Gasteiger partial charge in [0.05, 0.1) is 10.9 Å². The molecule has 0 aliphatic rings. The van der Waals surface area contributed by atoms with E-state index >= 15 is 0 Å². The minimum atomic E-state index is -0.110. The molecule has 0 aliphatic heterocycles. The molecule has 126 valence electrons. The summed E-state index contributed by atoms with van der Waals surface area (Å²) in [4.78, 5) is 20.0. The first-order valence-electron chi connectivity index (χ1n) is 8.76. The van der Waals surface area contributed by atoms with Crippen LogP contribution >= 0.6 is 0 Å². The fourth-order valence-electron chi connectivity index (χ4n) is 3.76. The summed E-state index contributed by atoms with van der Waals surface area (Å²) in [5, 5.41) is 3.00. The summed E-state index contributed by atoms with van der Waals surface area (Å²) in [5.74, 6) is 0.601. The average molecular weight is 339 g/mol. The Hall–Kier alpha value is -3.40. The van der Waals surface area contributed by atoms with Crippen LogP contribution in [-0.2, 0) is 6.54 Å². The summed E-state index contributed by atoms with van der Waals surface area (Å²) >= 11 is 0. The van der Waals surface area contributed by atoms with E-state index in [0.717, 1.165) is 12.1 Å². The summed E-state index contributed by atoms with van der Waals surface area (Å²) in [6.07, 6.45) is 0. The fourth-order valence-corrected chi connectivity index (χ4v) is 3.76. The van der Waals surface area contributed by atoms with Gasteiger partial charge in [-0.25, -0.2) is 4.98 Å². The molecule has 0 amide bonds. The van der Waals surface area contributed by atoms with Crippen LogP contribution in [0, 0.1) is 0 Å². The van der Waals surface area contributed by atoms with Crippen molar-refractivity contribution in [1.29, 1.82) is 0 Å². The Bertz CT molecular complexity index is 1340. The molecule has 3 aromatic carbocycles. The highest BCUT2D eigenvalue weighted by Gasteiger charge is 2.12. The standard InChI is InChI=1S/C22H17N3O/c1-2-25-19-10-6-4-7-15(19)17-13-14(11-12-20(17)25)21-23-18-9-5-3-8-16(18)22(26)24-21/h3-13H,2H2,1H3,(H,23,24,26). The molecule has 5 aromatic rings. The van der Waals surface area contributed by atoms with Gasteiger partial charge in [-0.05, 0) is 43.3 Å². The zero-order valence-corrected chi connectivity index (χ0v) is 14.4. The number of hydrogen-bond acceptors (Lipinski definition) is 2. The van der Waals surface area contributed by atoms with Crippen molar-refractivity contribution in [2.75, 3.05) is 0 Å². The molecule has 0 spiro atoms. The lowest BCUT2D eigenvalue weighted by Crippen LogP contribution is -2.09. The lowest BCUT2D eigenvalue weighted by Gasteiger charge is -2.05. The topological polar surface area (TPSA) is 50.7 Å². The number of fused-ring (bicyclic) bond motifs is 4. The van der Waals surface area contributed by atoms with Gasteiger partial charge >= 0.3 is 0 Å². The van der Waals surface area contributed by atoms with Gasteiger partial charge in [0, 0.05) is 33.9 Å². The normalized spacial score (nSPS) is 11.6. The lowest BCUT2D eigenvalue weighted by atomic mass is 10.1. The van der Waals surface area contributed by atoms with Crippen LogP contribution in [0.3, 0.4) is 0 Å². The van der Waals surface area contributed by atoms with E-state index in [1.165, 1.54) is 21.8 Å². The molecule has 4 heteroatoms. The zero-order chi connectivity index (χ0) is 17.7. The van der Waals surface area contributed by atoms with Crippen molar-refractivity contribution in [1.82, 2.24) is 14.5 Å². The van der Waals surface area contributed by atoms with Crippen LogP contribution in [0.15, 0.2) is 71.5 Å². The monoisotopic (exact) mass is 339 g/mol. The van der Waals surface area contributed by atoms with Crippen molar-refractivity contribution in [2.24, 2.45) is 0 Å². The van der Waals surface area contributed by atoms with Crippen LogP contribution in [0.1, 0.15) is 6.92 Å². The number of para-hydroxylation sites is 2. The second-order valence-corrected chi connectivity index (χ2v) is 6.43.